The number of rotatable bonds is 5. The quantitative estimate of drug-likeness (QED) is 0.849. The first kappa shape index (κ1) is 17.0. The van der Waals surface area contributed by atoms with E-state index >= 15 is 0 Å². The van der Waals surface area contributed by atoms with Crippen molar-refractivity contribution in [2.75, 3.05) is 0 Å². The first-order valence-electron chi connectivity index (χ1n) is 7.06. The van der Waals surface area contributed by atoms with Crippen molar-refractivity contribution in [2.45, 2.75) is 31.6 Å². The Morgan fingerprint density at radius 1 is 1.13 bits per heavy atom. The van der Waals surface area contributed by atoms with Crippen molar-refractivity contribution in [1.82, 2.24) is 0 Å². The number of aryl methyl sites for hydroxylation is 2. The average molecular weight is 334 g/mol. The van der Waals surface area contributed by atoms with Crippen molar-refractivity contribution >= 4 is 16.1 Å². The van der Waals surface area contributed by atoms with Crippen LogP contribution in [0.5, 0.6) is 5.75 Å². The minimum atomic E-state index is -4.04. The molecule has 1 atom stereocenters. The monoisotopic (exact) mass is 334 g/mol. The molecule has 122 valence electrons. The van der Waals surface area contributed by atoms with Crippen molar-refractivity contribution in [3.63, 3.8) is 0 Å². The molecule has 0 heterocycles. The Kier molecular flexibility index (Phi) is 4.75. The van der Waals surface area contributed by atoms with E-state index in [1.165, 1.54) is 19.1 Å². The summed E-state index contributed by atoms with van der Waals surface area (Å²) in [5.41, 5.74) is 1.66. The first-order valence-corrected chi connectivity index (χ1v) is 8.46. The molecule has 5 nitrogen and oxygen atoms in total. The molecule has 0 bridgehead atoms. The zero-order valence-electron chi connectivity index (χ0n) is 13.1. The molecule has 23 heavy (non-hydrogen) atoms. The van der Waals surface area contributed by atoms with Gasteiger partial charge in [-0.05, 0) is 44.0 Å². The fourth-order valence-corrected chi connectivity index (χ4v) is 3.38. The van der Waals surface area contributed by atoms with Gasteiger partial charge in [-0.2, -0.15) is 8.42 Å². The number of carboxylic acids is 1. The van der Waals surface area contributed by atoms with E-state index in [1.807, 2.05) is 0 Å². The second kappa shape index (κ2) is 6.42. The fourth-order valence-electron chi connectivity index (χ4n) is 2.20. The molecule has 0 radical (unpaired) electrons. The summed E-state index contributed by atoms with van der Waals surface area (Å²) in [5, 5.41) is 9.18. The van der Waals surface area contributed by atoms with Crippen LogP contribution in [0.3, 0.4) is 0 Å². The highest BCUT2D eigenvalue weighted by molar-refractivity contribution is 7.87. The van der Waals surface area contributed by atoms with Crippen LogP contribution in [0.15, 0.2) is 47.4 Å². The van der Waals surface area contributed by atoms with E-state index in [0.717, 1.165) is 5.56 Å². The van der Waals surface area contributed by atoms with Gasteiger partial charge >= 0.3 is 16.1 Å². The summed E-state index contributed by atoms with van der Waals surface area (Å²) in [5.74, 6) is -1.88. The van der Waals surface area contributed by atoms with E-state index in [9.17, 15) is 18.3 Å². The normalized spacial score (nSPS) is 12.7. The lowest BCUT2D eigenvalue weighted by Crippen LogP contribution is -2.15. The lowest BCUT2D eigenvalue weighted by Gasteiger charge is -2.15. The molecule has 0 amide bonds. The van der Waals surface area contributed by atoms with E-state index in [2.05, 4.69) is 0 Å². The molecular formula is C17H18O5S. The molecule has 0 saturated carbocycles. The molecule has 1 N–H and O–H groups in total. The zero-order valence-corrected chi connectivity index (χ0v) is 13.9. The first-order chi connectivity index (χ1) is 10.7. The summed E-state index contributed by atoms with van der Waals surface area (Å²) in [4.78, 5) is 11.3. The van der Waals surface area contributed by atoms with Gasteiger partial charge in [-0.1, -0.05) is 30.3 Å². The molecule has 2 aromatic carbocycles. The van der Waals surface area contributed by atoms with Gasteiger partial charge in [0.25, 0.3) is 0 Å². The molecule has 0 aliphatic carbocycles. The van der Waals surface area contributed by atoms with Gasteiger partial charge in [0, 0.05) is 5.56 Å². The Morgan fingerprint density at radius 3 is 2.39 bits per heavy atom. The predicted molar refractivity (Wildman–Crippen MR) is 86.2 cm³/mol. The Hall–Kier alpha value is -2.34. The lowest BCUT2D eigenvalue weighted by atomic mass is 9.99. The topological polar surface area (TPSA) is 80.7 Å². The Labute approximate surface area is 135 Å². The zero-order chi connectivity index (χ0) is 17.2. The molecule has 2 rings (SSSR count). The van der Waals surface area contributed by atoms with Gasteiger partial charge in [-0.25, -0.2) is 0 Å². The Balaban J connectivity index is 2.49. The van der Waals surface area contributed by atoms with E-state index in [4.69, 9.17) is 4.18 Å². The summed E-state index contributed by atoms with van der Waals surface area (Å²) in [7, 11) is -4.04. The summed E-state index contributed by atoms with van der Waals surface area (Å²) in [6, 6.07) is 11.3. The fraction of sp³-hybridized carbons (Fsp3) is 0.235. The molecular weight excluding hydrogens is 316 g/mol. The largest absolute Gasteiger partial charge is 0.481 e. The summed E-state index contributed by atoms with van der Waals surface area (Å²) >= 11 is 0. The second-order valence-corrected chi connectivity index (χ2v) is 6.92. The summed E-state index contributed by atoms with van der Waals surface area (Å²) in [6.45, 7) is 4.94. The van der Waals surface area contributed by atoms with Crippen molar-refractivity contribution < 1.29 is 22.5 Å². The standard InChI is InChI=1S/C17H18O5S/c1-11-8-9-14(13(3)17(18)19)15(10-11)22-23(20,21)16-7-5-4-6-12(16)2/h4-10,13H,1-3H3,(H,18,19). The van der Waals surface area contributed by atoms with Crippen LogP contribution in [-0.4, -0.2) is 19.5 Å². The van der Waals surface area contributed by atoms with Crippen LogP contribution in [0.25, 0.3) is 0 Å². The van der Waals surface area contributed by atoms with Crippen molar-refractivity contribution in [3.8, 4) is 5.75 Å². The van der Waals surface area contributed by atoms with Gasteiger partial charge in [-0.15, -0.1) is 0 Å². The average Bonchev–Trinajstić information content (AvgIpc) is 2.46. The highest BCUT2D eigenvalue weighted by Crippen LogP contribution is 2.31. The Morgan fingerprint density at radius 2 is 1.78 bits per heavy atom. The number of aliphatic carboxylic acids is 1. The van der Waals surface area contributed by atoms with Crippen molar-refractivity contribution in [3.05, 3.63) is 59.2 Å². The minimum Gasteiger partial charge on any atom is -0.481 e. The minimum absolute atomic E-state index is 0.0446. The van der Waals surface area contributed by atoms with Crippen molar-refractivity contribution in [1.29, 1.82) is 0 Å². The third kappa shape index (κ3) is 3.71. The molecule has 2 aromatic rings. The third-order valence-corrected chi connectivity index (χ3v) is 4.96. The summed E-state index contributed by atoms with van der Waals surface area (Å²) in [6.07, 6.45) is 0. The number of hydrogen-bond acceptors (Lipinski definition) is 4. The van der Waals surface area contributed by atoms with Gasteiger partial charge < -0.3 is 9.29 Å². The van der Waals surface area contributed by atoms with E-state index in [1.54, 1.807) is 44.2 Å². The van der Waals surface area contributed by atoms with Crippen LogP contribution in [0.1, 0.15) is 29.5 Å². The van der Waals surface area contributed by atoms with Crippen LogP contribution in [0, 0.1) is 13.8 Å². The number of hydrogen-bond donors (Lipinski definition) is 1. The maximum atomic E-state index is 12.5. The second-order valence-electron chi connectivity index (χ2n) is 5.40. The predicted octanol–water partition coefficient (Wildman–Crippen LogP) is 3.26. The number of benzene rings is 2. The highest BCUT2D eigenvalue weighted by Gasteiger charge is 2.24. The van der Waals surface area contributed by atoms with Gasteiger partial charge in [0.2, 0.25) is 0 Å². The van der Waals surface area contributed by atoms with E-state index in [-0.39, 0.29) is 10.6 Å². The number of carboxylic acid groups (broad SMARTS) is 1. The third-order valence-electron chi connectivity index (χ3n) is 3.57. The SMILES string of the molecule is Cc1ccc(C(C)C(=O)O)c(OS(=O)(=O)c2ccccc2C)c1. The Bertz CT molecular complexity index is 840. The lowest BCUT2D eigenvalue weighted by molar-refractivity contribution is -0.138. The van der Waals surface area contributed by atoms with E-state index in [0.29, 0.717) is 11.1 Å². The van der Waals surface area contributed by atoms with Gasteiger partial charge in [0.05, 0.1) is 5.92 Å². The highest BCUT2D eigenvalue weighted by atomic mass is 32.2. The molecule has 0 aliphatic rings. The van der Waals surface area contributed by atoms with Crippen LogP contribution >= 0.6 is 0 Å². The molecule has 0 spiro atoms. The smallest absolute Gasteiger partial charge is 0.339 e. The molecule has 6 heteroatoms. The molecule has 0 aromatic heterocycles. The molecule has 0 fully saturated rings. The summed E-state index contributed by atoms with van der Waals surface area (Å²) < 4.78 is 30.3. The van der Waals surface area contributed by atoms with Gasteiger partial charge in [0.15, 0.2) is 0 Å². The molecule has 1 unspecified atom stereocenters. The van der Waals surface area contributed by atoms with Crippen LogP contribution in [0.4, 0.5) is 0 Å². The van der Waals surface area contributed by atoms with Crippen LogP contribution in [0.2, 0.25) is 0 Å². The van der Waals surface area contributed by atoms with Gasteiger partial charge in [-0.3, -0.25) is 4.79 Å². The molecule has 0 aliphatic heterocycles. The maximum Gasteiger partial charge on any atom is 0.339 e. The van der Waals surface area contributed by atoms with Crippen LogP contribution < -0.4 is 4.18 Å². The molecule has 0 saturated heterocycles. The number of carbonyl (C=O) groups is 1. The maximum absolute atomic E-state index is 12.5. The van der Waals surface area contributed by atoms with E-state index < -0.39 is 22.0 Å². The van der Waals surface area contributed by atoms with Gasteiger partial charge in [0.1, 0.15) is 10.6 Å². The van der Waals surface area contributed by atoms with Crippen LogP contribution in [-0.2, 0) is 14.9 Å². The van der Waals surface area contributed by atoms with Crippen molar-refractivity contribution in [2.24, 2.45) is 0 Å².